The molecule has 0 radical (unpaired) electrons. The summed E-state index contributed by atoms with van der Waals surface area (Å²) in [7, 11) is -3.18. The van der Waals surface area contributed by atoms with Crippen LogP contribution in [0.3, 0.4) is 0 Å². The van der Waals surface area contributed by atoms with E-state index in [1.165, 1.54) is 6.26 Å². The maximum Gasteiger partial charge on any atom is 0.257 e. The molecule has 1 saturated heterocycles. The van der Waals surface area contributed by atoms with Gasteiger partial charge in [-0.2, -0.15) is 0 Å². The van der Waals surface area contributed by atoms with Crippen LogP contribution in [0.2, 0.25) is 0 Å². The highest BCUT2D eigenvalue weighted by atomic mass is 32.2. The Morgan fingerprint density at radius 3 is 2.86 bits per heavy atom. The molecule has 0 aliphatic carbocycles. The van der Waals surface area contributed by atoms with E-state index in [4.69, 9.17) is 4.42 Å². The zero-order valence-corrected chi connectivity index (χ0v) is 13.3. The van der Waals surface area contributed by atoms with Crippen LogP contribution >= 0.6 is 0 Å². The van der Waals surface area contributed by atoms with Gasteiger partial charge in [-0.3, -0.25) is 4.79 Å². The number of hydrogen-bond donors (Lipinski definition) is 1. The summed E-state index contributed by atoms with van der Waals surface area (Å²) in [4.78, 5) is 14.4. The number of nitrogens with zero attached hydrogens (tertiary/aromatic N) is 1. The minimum atomic E-state index is -3.18. The Labute approximate surface area is 125 Å². The van der Waals surface area contributed by atoms with Gasteiger partial charge in [-0.05, 0) is 38.7 Å². The second-order valence-electron chi connectivity index (χ2n) is 5.49. The molecule has 1 aromatic heterocycles. The standard InChI is InChI=1S/C14H22N2O4S/c1-11-13(7-10-20-11)14(17)16-9-4-3-5-12(16)6-8-15-21(2,18)19/h7,10,12,15H,3-6,8-9H2,1-2H3/t12-/m0/s1. The number of furan rings is 1. The summed E-state index contributed by atoms with van der Waals surface area (Å²) in [5, 5.41) is 0. The van der Waals surface area contributed by atoms with Gasteiger partial charge in [-0.15, -0.1) is 0 Å². The predicted octanol–water partition coefficient (Wildman–Crippen LogP) is 1.52. The summed E-state index contributed by atoms with van der Waals surface area (Å²) in [6.45, 7) is 2.85. The molecule has 0 bridgehead atoms. The van der Waals surface area contributed by atoms with Crippen LogP contribution in [-0.2, 0) is 10.0 Å². The molecule has 2 heterocycles. The number of hydrogen-bond acceptors (Lipinski definition) is 4. The molecular weight excluding hydrogens is 292 g/mol. The van der Waals surface area contributed by atoms with Gasteiger partial charge in [0.2, 0.25) is 10.0 Å². The Balaban J connectivity index is 2.02. The Morgan fingerprint density at radius 1 is 1.48 bits per heavy atom. The topological polar surface area (TPSA) is 79.6 Å². The number of piperidine rings is 1. The Morgan fingerprint density at radius 2 is 2.24 bits per heavy atom. The van der Waals surface area contributed by atoms with E-state index in [2.05, 4.69) is 4.72 Å². The Bertz CT molecular complexity index is 594. The van der Waals surface area contributed by atoms with Crippen molar-refractivity contribution in [1.29, 1.82) is 0 Å². The monoisotopic (exact) mass is 314 g/mol. The van der Waals surface area contributed by atoms with Gasteiger partial charge < -0.3 is 9.32 Å². The molecule has 1 aliphatic heterocycles. The van der Waals surface area contributed by atoms with Crippen LogP contribution in [0, 0.1) is 6.92 Å². The summed E-state index contributed by atoms with van der Waals surface area (Å²) in [6.07, 6.45) is 6.26. The largest absolute Gasteiger partial charge is 0.469 e. The molecule has 118 valence electrons. The third-order valence-corrected chi connectivity index (χ3v) is 4.55. The van der Waals surface area contributed by atoms with Crippen molar-refractivity contribution in [2.75, 3.05) is 19.3 Å². The Kier molecular flexibility index (Phi) is 5.05. The fourth-order valence-electron chi connectivity index (χ4n) is 2.74. The van der Waals surface area contributed by atoms with E-state index in [1.54, 1.807) is 13.0 Å². The van der Waals surface area contributed by atoms with Gasteiger partial charge >= 0.3 is 0 Å². The van der Waals surface area contributed by atoms with Gasteiger partial charge in [0.15, 0.2) is 0 Å². The van der Waals surface area contributed by atoms with Crippen LogP contribution in [0.5, 0.6) is 0 Å². The van der Waals surface area contributed by atoms with E-state index in [0.29, 0.717) is 30.8 Å². The zero-order valence-electron chi connectivity index (χ0n) is 12.5. The fraction of sp³-hybridized carbons (Fsp3) is 0.643. The van der Waals surface area contributed by atoms with E-state index in [9.17, 15) is 13.2 Å². The first-order chi connectivity index (χ1) is 9.88. The minimum Gasteiger partial charge on any atom is -0.469 e. The summed E-state index contributed by atoms with van der Waals surface area (Å²) in [5.74, 6) is 0.601. The van der Waals surface area contributed by atoms with E-state index >= 15 is 0 Å². The van der Waals surface area contributed by atoms with E-state index in [1.807, 2.05) is 4.90 Å². The fourth-order valence-corrected chi connectivity index (χ4v) is 3.23. The van der Waals surface area contributed by atoms with E-state index < -0.39 is 10.0 Å². The van der Waals surface area contributed by atoms with Crippen molar-refractivity contribution in [2.24, 2.45) is 0 Å². The quantitative estimate of drug-likeness (QED) is 0.893. The zero-order chi connectivity index (χ0) is 15.5. The first-order valence-corrected chi connectivity index (χ1v) is 9.07. The molecular formula is C14H22N2O4S. The SMILES string of the molecule is Cc1occc1C(=O)N1CCCC[C@H]1CCNS(C)(=O)=O. The molecule has 1 N–H and O–H groups in total. The van der Waals surface area contributed by atoms with Crippen molar-refractivity contribution in [3.8, 4) is 0 Å². The summed E-state index contributed by atoms with van der Waals surface area (Å²) in [5.41, 5.74) is 0.595. The summed E-state index contributed by atoms with van der Waals surface area (Å²) >= 11 is 0. The van der Waals surface area contributed by atoms with Crippen LogP contribution in [0.4, 0.5) is 0 Å². The molecule has 1 amide bonds. The third-order valence-electron chi connectivity index (χ3n) is 3.82. The first-order valence-electron chi connectivity index (χ1n) is 7.18. The number of aryl methyl sites for hydroxylation is 1. The lowest BCUT2D eigenvalue weighted by Gasteiger charge is -2.35. The molecule has 1 fully saturated rings. The molecule has 1 atom stereocenters. The van der Waals surface area contributed by atoms with Gasteiger partial charge in [0.05, 0.1) is 18.1 Å². The number of rotatable bonds is 5. The lowest BCUT2D eigenvalue weighted by Crippen LogP contribution is -2.45. The first kappa shape index (κ1) is 16.0. The maximum absolute atomic E-state index is 12.6. The van der Waals surface area contributed by atoms with E-state index in [0.717, 1.165) is 25.5 Å². The minimum absolute atomic E-state index is 0.0229. The molecule has 21 heavy (non-hydrogen) atoms. The number of nitrogens with one attached hydrogen (secondary N) is 1. The number of amides is 1. The van der Waals surface area contributed by atoms with Gasteiger partial charge in [-0.25, -0.2) is 13.1 Å². The van der Waals surface area contributed by atoms with Crippen LogP contribution in [-0.4, -0.2) is 44.6 Å². The smallest absolute Gasteiger partial charge is 0.257 e. The van der Waals surface area contributed by atoms with Gasteiger partial charge in [-0.1, -0.05) is 0 Å². The molecule has 1 aliphatic rings. The van der Waals surface area contributed by atoms with E-state index in [-0.39, 0.29) is 11.9 Å². The molecule has 0 aromatic carbocycles. The number of carbonyl (C=O) groups is 1. The van der Waals surface area contributed by atoms with Crippen molar-refractivity contribution in [3.05, 3.63) is 23.7 Å². The second-order valence-corrected chi connectivity index (χ2v) is 7.33. The average molecular weight is 314 g/mol. The Hall–Kier alpha value is -1.34. The van der Waals surface area contributed by atoms with Crippen molar-refractivity contribution >= 4 is 15.9 Å². The van der Waals surface area contributed by atoms with Crippen molar-refractivity contribution in [2.45, 2.75) is 38.6 Å². The van der Waals surface area contributed by atoms with Crippen molar-refractivity contribution in [1.82, 2.24) is 9.62 Å². The maximum atomic E-state index is 12.6. The highest BCUT2D eigenvalue weighted by Crippen LogP contribution is 2.23. The third kappa shape index (κ3) is 4.31. The van der Waals surface area contributed by atoms with Crippen LogP contribution < -0.4 is 4.72 Å². The van der Waals surface area contributed by atoms with Crippen molar-refractivity contribution in [3.63, 3.8) is 0 Å². The van der Waals surface area contributed by atoms with Gasteiger partial charge in [0, 0.05) is 19.1 Å². The lowest BCUT2D eigenvalue weighted by molar-refractivity contribution is 0.0602. The normalized spacial score (nSPS) is 19.7. The molecule has 0 saturated carbocycles. The van der Waals surface area contributed by atoms with Crippen LogP contribution in [0.1, 0.15) is 41.8 Å². The number of carbonyl (C=O) groups excluding carboxylic acids is 1. The van der Waals surface area contributed by atoms with Gasteiger partial charge in [0.1, 0.15) is 5.76 Å². The average Bonchev–Trinajstić information content (AvgIpc) is 2.83. The molecule has 0 spiro atoms. The molecule has 7 heteroatoms. The predicted molar refractivity (Wildman–Crippen MR) is 79.6 cm³/mol. The van der Waals surface area contributed by atoms with Crippen LogP contribution in [0.25, 0.3) is 0 Å². The second kappa shape index (κ2) is 6.62. The highest BCUT2D eigenvalue weighted by molar-refractivity contribution is 7.88. The molecule has 6 nitrogen and oxygen atoms in total. The molecule has 0 unspecified atom stereocenters. The molecule has 1 aromatic rings. The van der Waals surface area contributed by atoms with Crippen LogP contribution in [0.15, 0.2) is 16.7 Å². The van der Waals surface area contributed by atoms with Gasteiger partial charge in [0.25, 0.3) is 5.91 Å². The summed E-state index contributed by atoms with van der Waals surface area (Å²) in [6, 6.07) is 1.77. The highest BCUT2D eigenvalue weighted by Gasteiger charge is 2.28. The van der Waals surface area contributed by atoms with Crippen molar-refractivity contribution < 1.29 is 17.6 Å². The number of sulfonamides is 1. The molecule has 2 rings (SSSR count). The number of likely N-dealkylation sites (tertiary alicyclic amines) is 1. The lowest BCUT2D eigenvalue weighted by atomic mass is 9.98. The summed E-state index contributed by atoms with van der Waals surface area (Å²) < 4.78 is 29.9.